The van der Waals surface area contributed by atoms with Gasteiger partial charge in [0, 0.05) is 31.5 Å². The van der Waals surface area contributed by atoms with E-state index in [2.05, 4.69) is 10.1 Å². The Labute approximate surface area is 142 Å². The Balaban J connectivity index is 1.57. The fourth-order valence-electron chi connectivity index (χ4n) is 3.27. The van der Waals surface area contributed by atoms with Crippen LogP contribution in [-0.2, 0) is 0 Å². The molecule has 2 fully saturated rings. The smallest absolute Gasteiger partial charge is 0.259 e. The number of aliphatic hydroxyl groups is 1. The minimum Gasteiger partial charge on any atom is -0.396 e. The van der Waals surface area contributed by atoms with Gasteiger partial charge >= 0.3 is 0 Å². The summed E-state index contributed by atoms with van der Waals surface area (Å²) in [6.07, 6.45) is 2.06. The van der Waals surface area contributed by atoms with E-state index in [4.69, 9.17) is 4.52 Å². The van der Waals surface area contributed by atoms with E-state index in [1.54, 1.807) is 0 Å². The van der Waals surface area contributed by atoms with Gasteiger partial charge < -0.3 is 14.5 Å². The zero-order valence-corrected chi connectivity index (χ0v) is 13.4. The highest BCUT2D eigenvalue weighted by Crippen LogP contribution is 2.40. The second-order valence-electron chi connectivity index (χ2n) is 6.62. The number of halogens is 2. The molecule has 1 aromatic carbocycles. The molecule has 2 aliphatic rings. The van der Waals surface area contributed by atoms with E-state index < -0.39 is 23.1 Å². The van der Waals surface area contributed by atoms with Gasteiger partial charge in [0.15, 0.2) is 5.82 Å². The molecule has 1 aliphatic heterocycles. The average molecular weight is 349 g/mol. The topological polar surface area (TPSA) is 79.5 Å². The second kappa shape index (κ2) is 6.18. The van der Waals surface area contributed by atoms with Crippen molar-refractivity contribution in [3.05, 3.63) is 47.1 Å². The van der Waals surface area contributed by atoms with Crippen molar-refractivity contribution in [1.82, 2.24) is 15.0 Å². The summed E-state index contributed by atoms with van der Waals surface area (Å²) < 4.78 is 33.1. The van der Waals surface area contributed by atoms with Crippen molar-refractivity contribution in [2.75, 3.05) is 19.7 Å². The molecular weight excluding hydrogens is 332 g/mol. The van der Waals surface area contributed by atoms with Gasteiger partial charge in [-0.1, -0.05) is 11.2 Å². The number of likely N-dealkylation sites (tertiary alicyclic amines) is 1. The molecule has 6 nitrogen and oxygen atoms in total. The van der Waals surface area contributed by atoms with Gasteiger partial charge in [-0.05, 0) is 25.0 Å². The Hall–Kier alpha value is -2.35. The van der Waals surface area contributed by atoms with E-state index in [9.17, 15) is 18.7 Å². The molecule has 4 rings (SSSR count). The lowest BCUT2D eigenvalue weighted by Gasteiger charge is -2.16. The number of benzene rings is 1. The van der Waals surface area contributed by atoms with Crippen LogP contribution in [0.15, 0.2) is 22.7 Å². The minimum atomic E-state index is -0.900. The SMILES string of the molecule is O=C(c1c(F)cccc1F)N1C[C@@H](CO)[C@H](c2nc(C3CC3)no2)C1. The van der Waals surface area contributed by atoms with Crippen LogP contribution in [0.2, 0.25) is 0 Å². The van der Waals surface area contributed by atoms with Crippen LogP contribution >= 0.6 is 0 Å². The number of carbonyl (C=O) groups is 1. The maximum absolute atomic E-state index is 13.9. The molecule has 2 atom stereocenters. The number of aliphatic hydroxyl groups excluding tert-OH is 1. The first-order valence-corrected chi connectivity index (χ1v) is 8.26. The first kappa shape index (κ1) is 16.1. The number of rotatable bonds is 4. The number of hydrogen-bond acceptors (Lipinski definition) is 5. The molecule has 8 heteroatoms. The van der Waals surface area contributed by atoms with Crippen molar-refractivity contribution in [1.29, 1.82) is 0 Å². The van der Waals surface area contributed by atoms with Gasteiger partial charge in [0.25, 0.3) is 5.91 Å². The molecule has 1 N–H and O–H groups in total. The normalized spacial score (nSPS) is 23.2. The fourth-order valence-corrected chi connectivity index (χ4v) is 3.27. The average Bonchev–Trinajstić information content (AvgIpc) is 3.17. The molecule has 132 valence electrons. The number of hydrogen-bond donors (Lipinski definition) is 1. The second-order valence-corrected chi connectivity index (χ2v) is 6.62. The third kappa shape index (κ3) is 2.90. The molecule has 0 spiro atoms. The van der Waals surface area contributed by atoms with Crippen molar-refractivity contribution >= 4 is 5.91 Å². The lowest BCUT2D eigenvalue weighted by atomic mass is 9.97. The van der Waals surface area contributed by atoms with E-state index in [0.29, 0.717) is 17.6 Å². The van der Waals surface area contributed by atoms with Crippen molar-refractivity contribution in [3.8, 4) is 0 Å². The van der Waals surface area contributed by atoms with Gasteiger partial charge in [-0.3, -0.25) is 4.79 Å². The number of nitrogens with zero attached hydrogens (tertiary/aromatic N) is 3. The molecular formula is C17H17F2N3O3. The quantitative estimate of drug-likeness (QED) is 0.914. The number of amides is 1. The van der Waals surface area contributed by atoms with E-state index >= 15 is 0 Å². The molecule has 1 amide bonds. The van der Waals surface area contributed by atoms with Crippen LogP contribution in [0.4, 0.5) is 8.78 Å². The predicted molar refractivity (Wildman–Crippen MR) is 81.9 cm³/mol. The van der Waals surface area contributed by atoms with Gasteiger partial charge in [0.2, 0.25) is 5.89 Å². The van der Waals surface area contributed by atoms with Gasteiger partial charge in [-0.15, -0.1) is 0 Å². The lowest BCUT2D eigenvalue weighted by molar-refractivity contribution is 0.0771. The fraction of sp³-hybridized carbons (Fsp3) is 0.471. The van der Waals surface area contributed by atoms with Gasteiger partial charge in [-0.2, -0.15) is 4.98 Å². The van der Waals surface area contributed by atoms with Gasteiger partial charge in [0.1, 0.15) is 17.2 Å². The summed E-state index contributed by atoms with van der Waals surface area (Å²) in [5.74, 6) is -1.85. The van der Waals surface area contributed by atoms with E-state index in [1.807, 2.05) is 0 Å². The summed E-state index contributed by atoms with van der Waals surface area (Å²) in [5, 5.41) is 13.6. The first-order valence-electron chi connectivity index (χ1n) is 8.26. The summed E-state index contributed by atoms with van der Waals surface area (Å²) in [5.41, 5.74) is -0.580. The molecule has 2 aromatic rings. The zero-order valence-electron chi connectivity index (χ0n) is 13.4. The van der Waals surface area contributed by atoms with Crippen LogP contribution in [0.1, 0.15) is 46.8 Å². The van der Waals surface area contributed by atoms with Crippen LogP contribution in [0, 0.1) is 17.6 Å². The summed E-state index contributed by atoms with van der Waals surface area (Å²) in [4.78, 5) is 18.3. The highest BCUT2D eigenvalue weighted by Gasteiger charge is 2.41. The number of carbonyl (C=O) groups excluding carboxylic acids is 1. The highest BCUT2D eigenvalue weighted by molar-refractivity contribution is 5.95. The maximum atomic E-state index is 13.9. The minimum absolute atomic E-state index is 0.171. The Morgan fingerprint density at radius 1 is 1.28 bits per heavy atom. The van der Waals surface area contributed by atoms with E-state index in [0.717, 1.165) is 25.0 Å². The van der Waals surface area contributed by atoms with Crippen LogP contribution in [0.25, 0.3) is 0 Å². The summed E-state index contributed by atoms with van der Waals surface area (Å²) in [6.45, 7) is 0.161. The molecule has 0 bridgehead atoms. The van der Waals surface area contributed by atoms with Crippen molar-refractivity contribution in [2.45, 2.75) is 24.7 Å². The summed E-state index contributed by atoms with van der Waals surface area (Å²) >= 11 is 0. The Kier molecular flexibility index (Phi) is 3.99. The van der Waals surface area contributed by atoms with Crippen molar-refractivity contribution in [3.63, 3.8) is 0 Å². The molecule has 1 saturated carbocycles. The lowest BCUT2D eigenvalue weighted by Crippen LogP contribution is -2.30. The summed E-state index contributed by atoms with van der Waals surface area (Å²) in [6, 6.07) is 3.31. The van der Waals surface area contributed by atoms with Crippen LogP contribution in [-0.4, -0.2) is 45.8 Å². The molecule has 25 heavy (non-hydrogen) atoms. The standard InChI is InChI=1S/C17H17F2N3O3/c18-12-2-1-3-13(19)14(12)17(24)22-6-10(8-23)11(7-22)16-20-15(21-25-16)9-4-5-9/h1-3,9-11,23H,4-8H2/t10-,11+/m0/s1. The molecule has 0 unspecified atom stereocenters. The Bertz CT molecular complexity index is 786. The van der Waals surface area contributed by atoms with Crippen LogP contribution < -0.4 is 0 Å². The van der Waals surface area contributed by atoms with Crippen LogP contribution in [0.5, 0.6) is 0 Å². The van der Waals surface area contributed by atoms with Crippen molar-refractivity contribution < 1.29 is 23.2 Å². The molecule has 1 aromatic heterocycles. The third-order valence-electron chi connectivity index (χ3n) is 4.86. The monoisotopic (exact) mass is 349 g/mol. The molecule has 1 saturated heterocycles. The first-order chi connectivity index (χ1) is 12.1. The zero-order chi connectivity index (χ0) is 17.6. The number of aromatic nitrogens is 2. The highest BCUT2D eigenvalue weighted by atomic mass is 19.1. The Morgan fingerprint density at radius 3 is 2.64 bits per heavy atom. The van der Waals surface area contributed by atoms with Crippen molar-refractivity contribution in [2.24, 2.45) is 5.92 Å². The molecule has 2 heterocycles. The van der Waals surface area contributed by atoms with Gasteiger partial charge in [0.05, 0.1) is 5.92 Å². The predicted octanol–water partition coefficient (Wildman–Crippen LogP) is 2.07. The largest absolute Gasteiger partial charge is 0.396 e. The van der Waals surface area contributed by atoms with Crippen LogP contribution in [0.3, 0.4) is 0 Å². The summed E-state index contributed by atoms with van der Waals surface area (Å²) in [7, 11) is 0. The molecule has 0 radical (unpaired) electrons. The maximum Gasteiger partial charge on any atom is 0.259 e. The Morgan fingerprint density at radius 2 is 2.00 bits per heavy atom. The third-order valence-corrected chi connectivity index (χ3v) is 4.86. The van der Waals surface area contributed by atoms with E-state index in [1.165, 1.54) is 11.0 Å². The molecule has 1 aliphatic carbocycles. The van der Waals surface area contributed by atoms with E-state index in [-0.39, 0.29) is 31.5 Å². The van der Waals surface area contributed by atoms with Gasteiger partial charge in [-0.25, -0.2) is 8.78 Å².